The molecule has 1 saturated carbocycles. The van der Waals surface area contributed by atoms with Crippen LogP contribution in [0.2, 0.25) is 10.0 Å². The second-order valence-electron chi connectivity index (χ2n) is 5.69. The zero-order valence-corrected chi connectivity index (χ0v) is 14.2. The van der Waals surface area contributed by atoms with E-state index in [1.165, 1.54) is 6.26 Å². The van der Waals surface area contributed by atoms with E-state index in [1.807, 2.05) is 0 Å². The molecule has 0 aliphatic heterocycles. The first kappa shape index (κ1) is 17.0. The van der Waals surface area contributed by atoms with E-state index in [0.717, 1.165) is 24.8 Å². The van der Waals surface area contributed by atoms with Crippen molar-refractivity contribution in [2.75, 3.05) is 6.26 Å². The first-order chi connectivity index (χ1) is 9.82. The lowest BCUT2D eigenvalue weighted by atomic mass is 9.81. The lowest BCUT2D eigenvalue weighted by molar-refractivity contribution is 0.274. The highest BCUT2D eigenvalue weighted by molar-refractivity contribution is 7.91. The van der Waals surface area contributed by atoms with Crippen LogP contribution in [-0.2, 0) is 9.84 Å². The summed E-state index contributed by atoms with van der Waals surface area (Å²) in [4.78, 5) is 0. The van der Waals surface area contributed by atoms with E-state index in [-0.39, 0.29) is 17.2 Å². The third-order valence-corrected chi connectivity index (χ3v) is 6.43. The van der Waals surface area contributed by atoms with E-state index in [1.54, 1.807) is 18.2 Å². The van der Waals surface area contributed by atoms with Crippen molar-refractivity contribution in [3.8, 4) is 0 Å². The number of nitrogens with two attached hydrogens (primary N) is 1. The second-order valence-corrected chi connectivity index (χ2v) is 8.86. The summed E-state index contributed by atoms with van der Waals surface area (Å²) in [6, 6.07) is 5.06. The monoisotopic (exact) mass is 350 g/mol. The molecular weight excluding hydrogens is 331 g/mol. The fourth-order valence-electron chi connectivity index (χ4n) is 3.11. The third kappa shape index (κ3) is 4.11. The molecule has 1 aliphatic carbocycles. The van der Waals surface area contributed by atoms with Gasteiger partial charge in [0.25, 0.3) is 0 Å². The van der Waals surface area contributed by atoms with Gasteiger partial charge >= 0.3 is 0 Å². The topological polar surface area (TPSA) is 72.2 Å². The number of hydrogen-bond donors (Lipinski definition) is 2. The van der Waals surface area contributed by atoms with Crippen molar-refractivity contribution in [1.82, 2.24) is 5.43 Å². The molecular formula is C14H20Cl2N2O2S. The molecule has 0 bridgehead atoms. The molecule has 0 heterocycles. The van der Waals surface area contributed by atoms with E-state index in [2.05, 4.69) is 5.43 Å². The standard InChI is InChI=1S/C14H20Cl2N2O2S/c1-21(19,20)11-4-2-3-9(7-11)14(18-17)12-8-10(15)5-6-13(12)16/h5-6,8-9,11,14,18H,2-4,7,17H2,1H3. The van der Waals surface area contributed by atoms with E-state index in [9.17, 15) is 8.42 Å². The summed E-state index contributed by atoms with van der Waals surface area (Å²) >= 11 is 12.3. The molecule has 1 aromatic rings. The van der Waals surface area contributed by atoms with Gasteiger partial charge in [0.05, 0.1) is 11.3 Å². The second kappa shape index (κ2) is 6.84. The van der Waals surface area contributed by atoms with Crippen molar-refractivity contribution in [2.45, 2.75) is 37.0 Å². The van der Waals surface area contributed by atoms with Gasteiger partial charge in [-0.15, -0.1) is 0 Å². The largest absolute Gasteiger partial charge is 0.271 e. The SMILES string of the molecule is CS(=O)(=O)C1CCCC(C(NN)c2cc(Cl)ccc2Cl)C1. The Balaban J connectivity index is 2.27. The van der Waals surface area contributed by atoms with Gasteiger partial charge in [0.2, 0.25) is 0 Å². The first-order valence-electron chi connectivity index (χ1n) is 6.93. The van der Waals surface area contributed by atoms with Crippen LogP contribution in [0.25, 0.3) is 0 Å². The fraction of sp³-hybridized carbons (Fsp3) is 0.571. The highest BCUT2D eigenvalue weighted by atomic mass is 35.5. The molecule has 0 spiro atoms. The average molecular weight is 351 g/mol. The maximum atomic E-state index is 11.8. The Morgan fingerprint density at radius 2 is 2.05 bits per heavy atom. The van der Waals surface area contributed by atoms with E-state index in [4.69, 9.17) is 29.0 Å². The highest BCUT2D eigenvalue weighted by Gasteiger charge is 2.34. The van der Waals surface area contributed by atoms with Crippen LogP contribution < -0.4 is 11.3 Å². The minimum Gasteiger partial charge on any atom is -0.271 e. The molecule has 3 N–H and O–H groups in total. The quantitative estimate of drug-likeness (QED) is 0.646. The van der Waals surface area contributed by atoms with Gasteiger partial charge in [-0.3, -0.25) is 11.3 Å². The van der Waals surface area contributed by atoms with Crippen LogP contribution in [-0.4, -0.2) is 19.9 Å². The number of nitrogens with one attached hydrogen (secondary N) is 1. The van der Waals surface area contributed by atoms with Gasteiger partial charge in [-0.05, 0) is 48.9 Å². The first-order valence-corrected chi connectivity index (χ1v) is 9.64. The number of rotatable bonds is 4. The summed E-state index contributed by atoms with van der Waals surface area (Å²) in [5.74, 6) is 5.83. The third-order valence-electron chi connectivity index (χ3n) is 4.22. The van der Waals surface area contributed by atoms with Gasteiger partial charge in [-0.25, -0.2) is 8.42 Å². The molecule has 21 heavy (non-hydrogen) atoms. The molecule has 0 aromatic heterocycles. The van der Waals surface area contributed by atoms with Crippen LogP contribution in [0.4, 0.5) is 0 Å². The normalized spacial score (nSPS) is 24.8. The maximum absolute atomic E-state index is 11.8. The highest BCUT2D eigenvalue weighted by Crippen LogP contribution is 2.39. The molecule has 0 radical (unpaired) electrons. The predicted octanol–water partition coefficient (Wildman–Crippen LogP) is 3.10. The number of hydrogen-bond acceptors (Lipinski definition) is 4. The lowest BCUT2D eigenvalue weighted by Crippen LogP contribution is -2.38. The number of halogens is 2. The zero-order chi connectivity index (χ0) is 15.6. The van der Waals surface area contributed by atoms with Crippen molar-refractivity contribution in [2.24, 2.45) is 11.8 Å². The Morgan fingerprint density at radius 1 is 1.33 bits per heavy atom. The summed E-state index contributed by atoms with van der Waals surface area (Å²) in [5, 5.41) is 0.874. The molecule has 118 valence electrons. The summed E-state index contributed by atoms with van der Waals surface area (Å²) in [6.45, 7) is 0. The molecule has 1 fully saturated rings. The van der Waals surface area contributed by atoms with Gasteiger partial charge in [-0.2, -0.15) is 0 Å². The number of sulfone groups is 1. The van der Waals surface area contributed by atoms with Gasteiger partial charge in [-0.1, -0.05) is 29.6 Å². The summed E-state index contributed by atoms with van der Waals surface area (Å²) in [6.07, 6.45) is 4.41. The Kier molecular flexibility index (Phi) is 5.54. The molecule has 1 aromatic carbocycles. The smallest absolute Gasteiger partial charge is 0.150 e. The summed E-state index contributed by atoms with van der Waals surface area (Å²) in [7, 11) is -3.03. The maximum Gasteiger partial charge on any atom is 0.150 e. The molecule has 7 heteroatoms. The van der Waals surface area contributed by atoms with Crippen LogP contribution in [0.3, 0.4) is 0 Å². The molecule has 0 saturated heterocycles. The summed E-state index contributed by atoms with van der Waals surface area (Å²) < 4.78 is 23.6. The van der Waals surface area contributed by atoms with Crippen molar-refractivity contribution in [1.29, 1.82) is 0 Å². The number of hydrazine groups is 1. The minimum absolute atomic E-state index is 0.124. The van der Waals surface area contributed by atoms with Gasteiger partial charge in [0.1, 0.15) is 9.84 Å². The van der Waals surface area contributed by atoms with Gasteiger partial charge < -0.3 is 0 Å². The van der Waals surface area contributed by atoms with Crippen molar-refractivity contribution < 1.29 is 8.42 Å². The van der Waals surface area contributed by atoms with Crippen LogP contribution in [0.15, 0.2) is 18.2 Å². The molecule has 3 unspecified atom stereocenters. The predicted molar refractivity (Wildman–Crippen MR) is 87.1 cm³/mol. The van der Waals surface area contributed by atoms with Crippen LogP contribution in [0, 0.1) is 5.92 Å². The Bertz CT molecular complexity index is 607. The molecule has 4 nitrogen and oxygen atoms in total. The van der Waals surface area contributed by atoms with Crippen molar-refractivity contribution in [3.05, 3.63) is 33.8 Å². The lowest BCUT2D eigenvalue weighted by Gasteiger charge is -2.34. The average Bonchev–Trinajstić information content (AvgIpc) is 2.43. The molecule has 0 amide bonds. The zero-order valence-electron chi connectivity index (χ0n) is 11.9. The fourth-order valence-corrected chi connectivity index (χ4v) is 4.71. The Labute approximate surface area is 135 Å². The van der Waals surface area contributed by atoms with E-state index in [0.29, 0.717) is 16.5 Å². The van der Waals surface area contributed by atoms with Crippen molar-refractivity contribution in [3.63, 3.8) is 0 Å². The minimum atomic E-state index is -3.03. The van der Waals surface area contributed by atoms with Crippen molar-refractivity contribution >= 4 is 33.0 Å². The van der Waals surface area contributed by atoms with Crippen LogP contribution in [0.5, 0.6) is 0 Å². The van der Waals surface area contributed by atoms with E-state index < -0.39 is 9.84 Å². The Hall–Kier alpha value is -0.330. The molecule has 1 aliphatic rings. The summed E-state index contributed by atoms with van der Waals surface area (Å²) in [5.41, 5.74) is 3.62. The van der Waals surface area contributed by atoms with Crippen LogP contribution in [0.1, 0.15) is 37.3 Å². The molecule has 2 rings (SSSR count). The van der Waals surface area contributed by atoms with Gasteiger partial charge in [0.15, 0.2) is 0 Å². The Morgan fingerprint density at radius 3 is 2.67 bits per heavy atom. The van der Waals surface area contributed by atoms with E-state index >= 15 is 0 Å². The number of benzene rings is 1. The van der Waals surface area contributed by atoms with Gasteiger partial charge in [0, 0.05) is 16.3 Å². The van der Waals surface area contributed by atoms with Crippen LogP contribution >= 0.6 is 23.2 Å². The molecule has 3 atom stereocenters.